The Labute approximate surface area is 124 Å². The van der Waals surface area contributed by atoms with Crippen molar-refractivity contribution in [3.63, 3.8) is 0 Å². The van der Waals surface area contributed by atoms with Gasteiger partial charge in [0.25, 0.3) is 10.0 Å². The van der Waals surface area contributed by atoms with Crippen LogP contribution in [0.1, 0.15) is 5.56 Å². The van der Waals surface area contributed by atoms with Crippen molar-refractivity contribution in [1.82, 2.24) is 5.32 Å². The maximum atomic E-state index is 13.3. The molecule has 0 saturated heterocycles. The summed E-state index contributed by atoms with van der Waals surface area (Å²) in [4.78, 5) is 0.214. The first kappa shape index (κ1) is 15.5. The molecule has 2 aromatic carbocycles. The van der Waals surface area contributed by atoms with Crippen LogP contribution in [0.2, 0.25) is 0 Å². The van der Waals surface area contributed by atoms with Crippen LogP contribution in [0.4, 0.5) is 10.1 Å². The minimum atomic E-state index is -3.73. The van der Waals surface area contributed by atoms with Crippen molar-refractivity contribution in [2.45, 2.75) is 11.4 Å². The zero-order valence-electron chi connectivity index (χ0n) is 11.9. The molecule has 0 aliphatic heterocycles. The van der Waals surface area contributed by atoms with Crippen molar-refractivity contribution in [3.8, 4) is 0 Å². The van der Waals surface area contributed by atoms with Crippen LogP contribution in [0.3, 0.4) is 0 Å². The van der Waals surface area contributed by atoms with E-state index in [1.165, 1.54) is 25.2 Å². The highest BCUT2D eigenvalue weighted by atomic mass is 32.2. The van der Waals surface area contributed by atoms with Crippen molar-refractivity contribution < 1.29 is 12.8 Å². The van der Waals surface area contributed by atoms with Crippen molar-refractivity contribution in [2.24, 2.45) is 0 Å². The molecule has 0 heterocycles. The SMILES string of the molecule is CNCc1ccccc1S(=O)(=O)N(C)c1cccc(F)c1. The van der Waals surface area contributed by atoms with Gasteiger partial charge in [0.2, 0.25) is 0 Å². The minimum Gasteiger partial charge on any atom is -0.316 e. The third-order valence-corrected chi connectivity index (χ3v) is 5.04. The Bertz CT molecular complexity index is 732. The second-order valence-electron chi connectivity index (χ2n) is 4.59. The zero-order chi connectivity index (χ0) is 15.5. The average molecular weight is 308 g/mol. The lowest BCUT2D eigenvalue weighted by Gasteiger charge is -2.21. The summed E-state index contributed by atoms with van der Waals surface area (Å²) in [6.45, 7) is 0.437. The van der Waals surface area contributed by atoms with E-state index in [0.29, 0.717) is 12.1 Å². The number of rotatable bonds is 5. The number of benzene rings is 2. The van der Waals surface area contributed by atoms with Crippen molar-refractivity contribution in [1.29, 1.82) is 0 Å². The maximum absolute atomic E-state index is 13.3. The fraction of sp³-hybridized carbons (Fsp3) is 0.200. The molecule has 0 aromatic heterocycles. The van der Waals surface area contributed by atoms with E-state index in [1.807, 2.05) is 0 Å². The number of hydrogen-bond donors (Lipinski definition) is 1. The van der Waals surface area contributed by atoms with E-state index >= 15 is 0 Å². The summed E-state index contributed by atoms with van der Waals surface area (Å²) >= 11 is 0. The summed E-state index contributed by atoms with van der Waals surface area (Å²) in [5.74, 6) is -0.474. The predicted octanol–water partition coefficient (Wildman–Crippen LogP) is 2.37. The van der Waals surface area contributed by atoms with Crippen molar-refractivity contribution in [3.05, 3.63) is 59.9 Å². The molecule has 0 aliphatic carbocycles. The molecule has 0 bridgehead atoms. The smallest absolute Gasteiger partial charge is 0.264 e. The fourth-order valence-corrected chi connectivity index (χ4v) is 3.46. The van der Waals surface area contributed by atoms with E-state index in [2.05, 4.69) is 5.32 Å². The molecule has 2 aromatic rings. The standard InChI is InChI=1S/C15H17FN2O2S/c1-17-11-12-6-3-4-9-15(12)21(19,20)18(2)14-8-5-7-13(16)10-14/h3-10,17H,11H2,1-2H3. The molecule has 21 heavy (non-hydrogen) atoms. The lowest BCUT2D eigenvalue weighted by Crippen LogP contribution is -2.28. The molecule has 2 rings (SSSR count). The Hall–Kier alpha value is -1.92. The Kier molecular flexibility index (Phi) is 4.59. The van der Waals surface area contributed by atoms with Crippen LogP contribution in [0.15, 0.2) is 53.4 Å². The molecule has 0 amide bonds. The third-order valence-electron chi connectivity index (χ3n) is 3.15. The molecule has 0 aliphatic rings. The second-order valence-corrected chi connectivity index (χ2v) is 6.53. The second kappa shape index (κ2) is 6.24. The molecule has 4 nitrogen and oxygen atoms in total. The minimum absolute atomic E-state index is 0.214. The molecule has 0 radical (unpaired) electrons. The van der Waals surface area contributed by atoms with Gasteiger partial charge in [-0.2, -0.15) is 0 Å². The van der Waals surface area contributed by atoms with Crippen molar-refractivity contribution in [2.75, 3.05) is 18.4 Å². The molecule has 0 saturated carbocycles. The van der Waals surface area contributed by atoms with Gasteiger partial charge in [0.1, 0.15) is 5.82 Å². The summed E-state index contributed by atoms with van der Waals surface area (Å²) in [7, 11) is -0.568. The first-order chi connectivity index (χ1) is 9.96. The number of halogens is 1. The zero-order valence-corrected chi connectivity index (χ0v) is 12.7. The average Bonchev–Trinajstić information content (AvgIpc) is 2.47. The Morgan fingerprint density at radius 1 is 1.14 bits per heavy atom. The van der Waals surface area contributed by atoms with Crippen LogP contribution < -0.4 is 9.62 Å². The van der Waals surface area contributed by atoms with Gasteiger partial charge in [-0.3, -0.25) is 4.31 Å². The highest BCUT2D eigenvalue weighted by molar-refractivity contribution is 7.92. The van der Waals surface area contributed by atoms with Crippen LogP contribution in [-0.2, 0) is 16.6 Å². The van der Waals surface area contributed by atoms with Crippen LogP contribution in [-0.4, -0.2) is 22.5 Å². The summed E-state index contributed by atoms with van der Waals surface area (Å²) in [6, 6.07) is 12.3. The van der Waals surface area contributed by atoms with E-state index in [-0.39, 0.29) is 10.6 Å². The van der Waals surface area contributed by atoms with Gasteiger partial charge < -0.3 is 5.32 Å². The summed E-state index contributed by atoms with van der Waals surface area (Å²) < 4.78 is 39.8. The number of hydrogen-bond acceptors (Lipinski definition) is 3. The molecule has 6 heteroatoms. The van der Waals surface area contributed by atoms with E-state index < -0.39 is 15.8 Å². The highest BCUT2D eigenvalue weighted by Gasteiger charge is 2.24. The van der Waals surface area contributed by atoms with Gasteiger partial charge in [-0.25, -0.2) is 12.8 Å². The number of sulfonamides is 1. The van der Waals surface area contributed by atoms with Gasteiger partial charge in [0.15, 0.2) is 0 Å². The van der Waals surface area contributed by atoms with Gasteiger partial charge in [0.05, 0.1) is 10.6 Å². The normalized spacial score (nSPS) is 11.4. The van der Waals surface area contributed by atoms with Crippen molar-refractivity contribution >= 4 is 15.7 Å². The maximum Gasteiger partial charge on any atom is 0.264 e. The topological polar surface area (TPSA) is 49.4 Å². The van der Waals surface area contributed by atoms with Crippen LogP contribution >= 0.6 is 0 Å². The quantitative estimate of drug-likeness (QED) is 0.922. The molecule has 1 N–H and O–H groups in total. The molecule has 0 fully saturated rings. The molecule has 0 unspecified atom stereocenters. The summed E-state index contributed by atoms with van der Waals surface area (Å²) in [5, 5.41) is 2.94. The first-order valence-corrected chi connectivity index (χ1v) is 7.88. The number of nitrogens with one attached hydrogen (secondary N) is 1. The van der Waals surface area contributed by atoms with E-state index in [9.17, 15) is 12.8 Å². The van der Waals surface area contributed by atoms with Gasteiger partial charge in [-0.1, -0.05) is 24.3 Å². The monoisotopic (exact) mass is 308 g/mol. The van der Waals surface area contributed by atoms with Crippen LogP contribution in [0.25, 0.3) is 0 Å². The lowest BCUT2D eigenvalue weighted by atomic mass is 10.2. The fourth-order valence-electron chi connectivity index (χ4n) is 2.05. The van der Waals surface area contributed by atoms with Gasteiger partial charge in [-0.15, -0.1) is 0 Å². The Morgan fingerprint density at radius 3 is 2.52 bits per heavy atom. The van der Waals surface area contributed by atoms with E-state index in [0.717, 1.165) is 4.31 Å². The summed E-state index contributed by atoms with van der Waals surface area (Å²) in [6.07, 6.45) is 0. The Morgan fingerprint density at radius 2 is 1.86 bits per heavy atom. The predicted molar refractivity (Wildman–Crippen MR) is 81.2 cm³/mol. The number of nitrogens with zero attached hydrogens (tertiary/aromatic N) is 1. The van der Waals surface area contributed by atoms with Crippen LogP contribution in [0, 0.1) is 5.82 Å². The first-order valence-electron chi connectivity index (χ1n) is 6.44. The Balaban J connectivity index is 2.47. The van der Waals surface area contributed by atoms with Gasteiger partial charge in [0, 0.05) is 13.6 Å². The molecule has 0 spiro atoms. The lowest BCUT2D eigenvalue weighted by molar-refractivity contribution is 0.592. The highest BCUT2D eigenvalue weighted by Crippen LogP contribution is 2.24. The summed E-state index contributed by atoms with van der Waals surface area (Å²) in [5.41, 5.74) is 0.956. The van der Waals surface area contributed by atoms with Gasteiger partial charge in [-0.05, 0) is 36.9 Å². The molecular weight excluding hydrogens is 291 g/mol. The van der Waals surface area contributed by atoms with Gasteiger partial charge >= 0.3 is 0 Å². The number of anilines is 1. The molecule has 0 atom stereocenters. The largest absolute Gasteiger partial charge is 0.316 e. The van der Waals surface area contributed by atoms with E-state index in [4.69, 9.17) is 0 Å². The van der Waals surface area contributed by atoms with Crippen LogP contribution in [0.5, 0.6) is 0 Å². The molecule has 112 valence electrons. The third kappa shape index (κ3) is 3.22. The van der Waals surface area contributed by atoms with E-state index in [1.54, 1.807) is 37.4 Å². The molecular formula is C15H17FN2O2S.